The largest absolute Gasteiger partial charge is 0.511 e. The van der Waals surface area contributed by atoms with Gasteiger partial charge in [0.15, 0.2) is 5.69 Å². The summed E-state index contributed by atoms with van der Waals surface area (Å²) in [5.74, 6) is -1.45. The molecule has 0 bridgehead atoms. The molecule has 1 aliphatic rings. The molecule has 7 nitrogen and oxygen atoms in total. The van der Waals surface area contributed by atoms with Gasteiger partial charge in [0.1, 0.15) is 17.3 Å². The third-order valence-corrected chi connectivity index (χ3v) is 4.68. The molecule has 1 aromatic heterocycles. The van der Waals surface area contributed by atoms with Crippen molar-refractivity contribution in [3.8, 4) is 16.9 Å². The Morgan fingerprint density at radius 1 is 1.25 bits per heavy atom. The lowest BCUT2D eigenvalue weighted by Crippen LogP contribution is -2.05. The fraction of sp³-hybridized carbons (Fsp3) is 0.300. The normalized spacial score (nSPS) is 16.6. The molecule has 1 atom stereocenters. The summed E-state index contributed by atoms with van der Waals surface area (Å²) in [7, 11) is 1.54. The number of halogens is 1. The molecule has 0 saturated heterocycles. The van der Waals surface area contributed by atoms with Gasteiger partial charge in [-0.2, -0.15) is 5.10 Å². The number of carbonyl (C=O) groups is 1. The lowest BCUT2D eigenvalue weighted by Gasteiger charge is -2.15. The van der Waals surface area contributed by atoms with Crippen LogP contribution in [0.2, 0.25) is 0 Å². The van der Waals surface area contributed by atoms with Crippen LogP contribution in [0, 0.1) is 0 Å². The summed E-state index contributed by atoms with van der Waals surface area (Å²) < 4.78 is 5.13. The van der Waals surface area contributed by atoms with E-state index >= 15 is 0 Å². The Balaban J connectivity index is 0.00000136. The molecule has 0 amide bonds. The van der Waals surface area contributed by atoms with Crippen molar-refractivity contribution in [2.24, 2.45) is 0 Å². The van der Waals surface area contributed by atoms with Crippen LogP contribution in [-0.4, -0.2) is 38.6 Å². The van der Waals surface area contributed by atoms with Crippen LogP contribution in [0.25, 0.3) is 11.1 Å². The Morgan fingerprint density at radius 2 is 1.89 bits per heavy atom. The number of aliphatic hydroxyl groups is 2. The molecule has 28 heavy (non-hydrogen) atoms. The summed E-state index contributed by atoms with van der Waals surface area (Å²) in [5, 5.41) is 36.6. The van der Waals surface area contributed by atoms with Gasteiger partial charge < -0.3 is 20.1 Å². The summed E-state index contributed by atoms with van der Waals surface area (Å²) in [4.78, 5) is 11.6. The Hall–Kier alpha value is -2.93. The van der Waals surface area contributed by atoms with E-state index in [0.717, 1.165) is 0 Å². The van der Waals surface area contributed by atoms with E-state index in [2.05, 4.69) is 10.2 Å². The maximum atomic E-state index is 11.6. The van der Waals surface area contributed by atoms with E-state index in [1.54, 1.807) is 31.4 Å². The number of allylic oxidation sites excluding steroid dienone is 3. The third kappa shape index (κ3) is 4.31. The second-order valence-electron chi connectivity index (χ2n) is 5.85. The number of rotatable bonds is 4. The molecule has 0 radical (unpaired) electrons. The minimum absolute atomic E-state index is 0.117. The van der Waals surface area contributed by atoms with Gasteiger partial charge in [-0.1, -0.05) is 37.6 Å². The van der Waals surface area contributed by atoms with Crippen LogP contribution in [0.15, 0.2) is 46.9 Å². The number of aromatic carboxylic acids is 1. The number of hydrogen-bond donors (Lipinski definition) is 4. The van der Waals surface area contributed by atoms with Crippen molar-refractivity contribution in [2.45, 2.75) is 32.6 Å². The molecule has 0 aliphatic heterocycles. The number of methoxy groups -OCH3 is 1. The molecule has 2 aromatic rings. The summed E-state index contributed by atoms with van der Waals surface area (Å²) in [6.45, 7) is 4.00. The van der Waals surface area contributed by atoms with E-state index in [4.69, 9.17) is 16.3 Å². The highest BCUT2D eigenvalue weighted by atomic mass is 35.5. The zero-order chi connectivity index (χ0) is 20.8. The summed E-state index contributed by atoms with van der Waals surface area (Å²) in [6, 6.07) is 6.87. The predicted octanol–water partition coefficient (Wildman–Crippen LogP) is 5.14. The number of carboxylic acids is 1. The van der Waals surface area contributed by atoms with Crippen LogP contribution in [0.4, 0.5) is 0 Å². The second-order valence-corrected chi connectivity index (χ2v) is 6.30. The smallest absolute Gasteiger partial charge is 0.357 e. The maximum Gasteiger partial charge on any atom is 0.357 e. The molecule has 0 spiro atoms. The molecule has 150 valence electrons. The van der Waals surface area contributed by atoms with Crippen LogP contribution in [-0.2, 0) is 0 Å². The summed E-state index contributed by atoms with van der Waals surface area (Å²) in [6.07, 6.45) is 1.90. The topological polar surface area (TPSA) is 116 Å². The van der Waals surface area contributed by atoms with E-state index < -0.39 is 11.9 Å². The number of ether oxygens (including phenoxy) is 1. The van der Waals surface area contributed by atoms with E-state index in [-0.39, 0.29) is 22.2 Å². The number of aromatic nitrogens is 2. The van der Waals surface area contributed by atoms with Gasteiger partial charge >= 0.3 is 5.97 Å². The molecule has 1 heterocycles. The number of aromatic amines is 1. The van der Waals surface area contributed by atoms with Gasteiger partial charge in [0.05, 0.1) is 23.8 Å². The zero-order valence-corrected chi connectivity index (χ0v) is 16.6. The predicted molar refractivity (Wildman–Crippen MR) is 107 cm³/mol. The quantitative estimate of drug-likeness (QED) is 0.558. The average molecular weight is 407 g/mol. The van der Waals surface area contributed by atoms with Gasteiger partial charge in [0, 0.05) is 11.6 Å². The first-order valence-electron chi connectivity index (χ1n) is 8.86. The van der Waals surface area contributed by atoms with Crippen LogP contribution in [0.3, 0.4) is 0 Å². The second kappa shape index (κ2) is 9.32. The van der Waals surface area contributed by atoms with Crippen LogP contribution >= 0.6 is 11.6 Å². The maximum absolute atomic E-state index is 11.6. The number of hydrogen-bond acceptors (Lipinski definition) is 5. The minimum Gasteiger partial charge on any atom is -0.511 e. The van der Waals surface area contributed by atoms with Crippen molar-refractivity contribution in [3.63, 3.8) is 0 Å². The van der Waals surface area contributed by atoms with Gasteiger partial charge in [-0.05, 0) is 30.5 Å². The Kier molecular flexibility index (Phi) is 7.12. The first-order chi connectivity index (χ1) is 13.4. The Labute approximate surface area is 167 Å². The molecular formula is C20H23ClN2O5. The number of benzene rings is 1. The van der Waals surface area contributed by atoms with Crippen molar-refractivity contribution < 1.29 is 24.9 Å². The molecular weight excluding hydrogens is 384 g/mol. The first-order valence-corrected chi connectivity index (χ1v) is 9.24. The highest BCUT2D eigenvalue weighted by Gasteiger charge is 2.29. The van der Waals surface area contributed by atoms with Gasteiger partial charge in [-0.3, -0.25) is 5.10 Å². The van der Waals surface area contributed by atoms with E-state index in [1.807, 2.05) is 13.8 Å². The van der Waals surface area contributed by atoms with Crippen molar-refractivity contribution >= 4 is 17.6 Å². The van der Waals surface area contributed by atoms with Crippen molar-refractivity contribution in [3.05, 3.63) is 58.3 Å². The van der Waals surface area contributed by atoms with Gasteiger partial charge in [-0.15, -0.1) is 0 Å². The van der Waals surface area contributed by atoms with Gasteiger partial charge in [0.25, 0.3) is 0 Å². The molecule has 1 aliphatic carbocycles. The zero-order valence-electron chi connectivity index (χ0n) is 15.9. The number of H-pyrrole nitrogens is 1. The lowest BCUT2D eigenvalue weighted by atomic mass is 9.91. The SMILES string of the molecule is CC.COc1ccc(-c2c(C(=O)O)n[nH]c2C2CCC(Cl)=C(O)C=C2O)cc1. The molecule has 0 saturated carbocycles. The third-order valence-electron chi connectivity index (χ3n) is 4.30. The number of carboxylic acid groups (broad SMARTS) is 1. The van der Waals surface area contributed by atoms with E-state index in [0.29, 0.717) is 35.4 Å². The average Bonchev–Trinajstić information content (AvgIpc) is 3.09. The number of nitrogens with zero attached hydrogens (tertiary/aromatic N) is 1. The lowest BCUT2D eigenvalue weighted by molar-refractivity contribution is 0.0691. The fourth-order valence-corrected chi connectivity index (χ4v) is 3.13. The number of aliphatic hydroxyl groups excluding tert-OH is 2. The molecule has 3 rings (SSSR count). The molecule has 0 fully saturated rings. The molecule has 4 N–H and O–H groups in total. The molecule has 8 heteroatoms. The van der Waals surface area contributed by atoms with Crippen LogP contribution in [0.1, 0.15) is 48.8 Å². The van der Waals surface area contributed by atoms with Crippen LogP contribution < -0.4 is 4.74 Å². The fourth-order valence-electron chi connectivity index (χ4n) is 2.97. The molecule has 1 aromatic carbocycles. The Bertz CT molecular complexity index is 900. The summed E-state index contributed by atoms with van der Waals surface area (Å²) >= 11 is 5.98. The van der Waals surface area contributed by atoms with E-state index in [9.17, 15) is 20.1 Å². The standard InChI is InChI=1S/C18H17ClN2O5.C2H6/c1-26-10-4-2-9(3-5-10)15-16(20-21-17(15)18(24)25)11-6-7-12(19)14(23)8-13(11)22;1-2/h2-5,8,11,22-23H,6-7H2,1H3,(H,20,21)(H,24,25);1-2H3. The van der Waals surface area contributed by atoms with Crippen molar-refractivity contribution in [2.75, 3.05) is 7.11 Å². The highest BCUT2D eigenvalue weighted by molar-refractivity contribution is 6.30. The monoisotopic (exact) mass is 406 g/mol. The Morgan fingerprint density at radius 3 is 2.46 bits per heavy atom. The van der Waals surface area contributed by atoms with Crippen LogP contribution in [0.5, 0.6) is 5.75 Å². The van der Waals surface area contributed by atoms with Crippen molar-refractivity contribution in [1.29, 1.82) is 0 Å². The minimum atomic E-state index is -1.19. The van der Waals surface area contributed by atoms with Crippen molar-refractivity contribution in [1.82, 2.24) is 10.2 Å². The highest BCUT2D eigenvalue weighted by Crippen LogP contribution is 2.39. The first kappa shape index (κ1) is 21.4. The molecule has 1 unspecified atom stereocenters. The summed E-state index contributed by atoms with van der Waals surface area (Å²) in [5.41, 5.74) is 1.29. The van der Waals surface area contributed by atoms with Gasteiger partial charge in [-0.25, -0.2) is 4.79 Å². The van der Waals surface area contributed by atoms with E-state index in [1.165, 1.54) is 6.08 Å². The van der Waals surface area contributed by atoms with Gasteiger partial charge in [0.2, 0.25) is 0 Å². The number of nitrogens with one attached hydrogen (secondary N) is 1.